The molecule has 0 unspecified atom stereocenters. The van der Waals surface area contributed by atoms with Crippen LogP contribution in [-0.4, -0.2) is 38.5 Å². The van der Waals surface area contributed by atoms with Gasteiger partial charge in [0, 0.05) is 18.8 Å². The Labute approximate surface area is 183 Å². The van der Waals surface area contributed by atoms with Gasteiger partial charge in [-0.25, -0.2) is 24.1 Å². The number of benzene rings is 1. The van der Waals surface area contributed by atoms with E-state index in [2.05, 4.69) is 25.6 Å². The third-order valence-corrected chi connectivity index (χ3v) is 5.25. The van der Waals surface area contributed by atoms with Crippen LogP contribution in [0.5, 0.6) is 0 Å². The second-order valence-electron chi connectivity index (χ2n) is 7.61. The van der Waals surface area contributed by atoms with Crippen molar-refractivity contribution in [2.75, 3.05) is 11.9 Å². The highest BCUT2D eigenvalue weighted by Crippen LogP contribution is 2.26. The summed E-state index contributed by atoms with van der Waals surface area (Å²) in [6, 6.07) is 3.57. The minimum Gasteiger partial charge on any atom is -0.451 e. The van der Waals surface area contributed by atoms with Crippen LogP contribution in [0, 0.1) is 5.82 Å². The zero-order valence-corrected chi connectivity index (χ0v) is 17.9. The van der Waals surface area contributed by atoms with E-state index in [4.69, 9.17) is 16.0 Å². The Kier molecular flexibility index (Phi) is 6.03. The molecule has 162 valence electrons. The van der Waals surface area contributed by atoms with Crippen molar-refractivity contribution in [1.82, 2.24) is 25.2 Å². The summed E-state index contributed by atoms with van der Waals surface area (Å²) in [6.07, 6.45) is 5.13. The van der Waals surface area contributed by atoms with Crippen molar-refractivity contribution in [3.8, 4) is 0 Å². The van der Waals surface area contributed by atoms with Gasteiger partial charge in [0.15, 0.2) is 6.39 Å². The molecule has 1 aromatic carbocycles. The third-order valence-electron chi connectivity index (χ3n) is 4.94. The van der Waals surface area contributed by atoms with Gasteiger partial charge in [-0.1, -0.05) is 17.7 Å². The molecule has 0 spiro atoms. The summed E-state index contributed by atoms with van der Waals surface area (Å²) in [5.41, 5.74) is 2.78. The molecule has 0 fully saturated rings. The molecule has 1 aliphatic rings. The van der Waals surface area contributed by atoms with Crippen molar-refractivity contribution in [1.29, 1.82) is 0 Å². The smallest absolute Gasteiger partial charge is 0.318 e. The lowest BCUT2D eigenvalue weighted by Crippen LogP contribution is -2.44. The number of hydrogen-bond acceptors (Lipinski definition) is 6. The molecule has 8 nitrogen and oxygen atoms in total. The number of nitrogens with zero attached hydrogens (tertiary/aromatic N) is 4. The minimum absolute atomic E-state index is 0.00659. The first kappa shape index (κ1) is 21.0. The SMILES string of the molecule is CC(C)Nc1ncc2c(n1)CN(C(=O)N[C@@H](c1ccc(Cl)c(F)c1)c1cocn1)CC2. The molecule has 1 atom stereocenters. The quantitative estimate of drug-likeness (QED) is 0.619. The molecule has 4 rings (SSSR count). The fourth-order valence-electron chi connectivity index (χ4n) is 3.40. The van der Waals surface area contributed by atoms with E-state index in [1.807, 2.05) is 13.8 Å². The van der Waals surface area contributed by atoms with Crippen LogP contribution < -0.4 is 10.6 Å². The van der Waals surface area contributed by atoms with Crippen LogP contribution in [0.25, 0.3) is 0 Å². The number of fused-ring (bicyclic) bond motifs is 1. The van der Waals surface area contributed by atoms with E-state index in [0.29, 0.717) is 36.7 Å². The number of nitrogens with one attached hydrogen (secondary N) is 2. The van der Waals surface area contributed by atoms with Crippen LogP contribution >= 0.6 is 11.6 Å². The molecule has 3 heterocycles. The van der Waals surface area contributed by atoms with Crippen molar-refractivity contribution in [3.63, 3.8) is 0 Å². The number of aromatic nitrogens is 3. The van der Waals surface area contributed by atoms with E-state index in [-0.39, 0.29) is 17.1 Å². The molecule has 2 amide bonds. The van der Waals surface area contributed by atoms with Crippen molar-refractivity contribution in [3.05, 3.63) is 70.4 Å². The Balaban J connectivity index is 1.53. The summed E-state index contributed by atoms with van der Waals surface area (Å²) >= 11 is 5.81. The lowest BCUT2D eigenvalue weighted by Gasteiger charge is -2.30. The molecule has 0 bridgehead atoms. The van der Waals surface area contributed by atoms with Crippen LogP contribution in [0.3, 0.4) is 0 Å². The highest BCUT2D eigenvalue weighted by atomic mass is 35.5. The monoisotopic (exact) mass is 444 g/mol. The van der Waals surface area contributed by atoms with Crippen LogP contribution in [0.4, 0.5) is 15.1 Å². The highest BCUT2D eigenvalue weighted by Gasteiger charge is 2.27. The van der Waals surface area contributed by atoms with E-state index < -0.39 is 11.9 Å². The van der Waals surface area contributed by atoms with Gasteiger partial charge in [0.05, 0.1) is 17.3 Å². The third kappa shape index (κ3) is 4.77. The van der Waals surface area contributed by atoms with Gasteiger partial charge in [-0.3, -0.25) is 0 Å². The number of rotatable bonds is 5. The summed E-state index contributed by atoms with van der Waals surface area (Å²) < 4.78 is 19.1. The zero-order valence-electron chi connectivity index (χ0n) is 17.1. The second kappa shape index (κ2) is 8.89. The molecule has 0 saturated heterocycles. The highest BCUT2D eigenvalue weighted by molar-refractivity contribution is 6.30. The maximum absolute atomic E-state index is 14.0. The van der Waals surface area contributed by atoms with Gasteiger partial charge in [0.1, 0.15) is 23.8 Å². The van der Waals surface area contributed by atoms with Crippen LogP contribution in [0.1, 0.15) is 42.4 Å². The summed E-state index contributed by atoms with van der Waals surface area (Å²) in [5.74, 6) is -0.0381. The number of hydrogen-bond donors (Lipinski definition) is 2. The van der Waals surface area contributed by atoms with Crippen molar-refractivity contribution in [2.45, 2.75) is 38.9 Å². The van der Waals surface area contributed by atoms with E-state index in [1.54, 1.807) is 17.2 Å². The van der Waals surface area contributed by atoms with Crippen molar-refractivity contribution in [2.24, 2.45) is 0 Å². The van der Waals surface area contributed by atoms with Crippen LogP contribution in [-0.2, 0) is 13.0 Å². The van der Waals surface area contributed by atoms with Crippen LogP contribution in [0.2, 0.25) is 5.02 Å². The van der Waals surface area contributed by atoms with Gasteiger partial charge in [-0.2, -0.15) is 0 Å². The van der Waals surface area contributed by atoms with Gasteiger partial charge in [-0.15, -0.1) is 0 Å². The summed E-state index contributed by atoms with van der Waals surface area (Å²) in [6.45, 7) is 4.87. The van der Waals surface area contributed by atoms with E-state index in [9.17, 15) is 9.18 Å². The van der Waals surface area contributed by atoms with E-state index in [0.717, 1.165) is 11.3 Å². The van der Waals surface area contributed by atoms with Gasteiger partial charge in [0.2, 0.25) is 5.95 Å². The number of carbonyl (C=O) groups excluding carboxylic acids is 1. The fraction of sp³-hybridized carbons (Fsp3) is 0.333. The largest absolute Gasteiger partial charge is 0.451 e. The lowest BCUT2D eigenvalue weighted by molar-refractivity contribution is 0.188. The molecule has 0 radical (unpaired) electrons. The predicted molar refractivity (Wildman–Crippen MR) is 113 cm³/mol. The van der Waals surface area contributed by atoms with Crippen molar-refractivity contribution < 1.29 is 13.6 Å². The molecular formula is C21H22ClFN6O2. The van der Waals surface area contributed by atoms with Gasteiger partial charge < -0.3 is 20.0 Å². The Hall–Kier alpha value is -3.20. The lowest BCUT2D eigenvalue weighted by atomic mass is 10.0. The number of amides is 2. The zero-order chi connectivity index (χ0) is 22.0. The Bertz CT molecular complexity index is 1080. The first-order valence-corrected chi connectivity index (χ1v) is 10.3. The maximum Gasteiger partial charge on any atom is 0.318 e. The maximum atomic E-state index is 14.0. The Morgan fingerprint density at radius 1 is 1.32 bits per heavy atom. The Morgan fingerprint density at radius 3 is 2.87 bits per heavy atom. The standard InChI is InChI=1S/C21H22ClFN6O2/c1-12(2)26-20-24-8-14-5-6-29(9-17(14)27-20)21(30)28-19(18-10-31-11-25-18)13-3-4-15(22)16(23)7-13/h3-4,7-8,10-12,19H,5-6,9H2,1-2H3,(H,28,30)(H,24,26,27)/t19-/m0/s1. The van der Waals surface area contributed by atoms with Gasteiger partial charge >= 0.3 is 6.03 Å². The van der Waals surface area contributed by atoms with Gasteiger partial charge in [0.25, 0.3) is 0 Å². The molecule has 31 heavy (non-hydrogen) atoms. The average Bonchev–Trinajstić information content (AvgIpc) is 3.27. The second-order valence-corrected chi connectivity index (χ2v) is 8.01. The van der Waals surface area contributed by atoms with E-state index in [1.165, 1.54) is 24.8 Å². The first-order valence-electron chi connectivity index (χ1n) is 9.90. The first-order chi connectivity index (χ1) is 14.9. The molecule has 2 N–H and O–H groups in total. The fourth-order valence-corrected chi connectivity index (χ4v) is 3.52. The van der Waals surface area contributed by atoms with E-state index >= 15 is 0 Å². The number of oxazole rings is 1. The summed E-state index contributed by atoms with van der Waals surface area (Å²) in [7, 11) is 0. The Morgan fingerprint density at radius 2 is 2.16 bits per heavy atom. The number of halogens is 2. The molecule has 0 saturated carbocycles. The molecule has 10 heteroatoms. The van der Waals surface area contributed by atoms with Crippen LogP contribution in [0.15, 0.2) is 41.5 Å². The normalized spacial score (nSPS) is 14.3. The van der Waals surface area contributed by atoms with Crippen molar-refractivity contribution >= 4 is 23.6 Å². The molecular weight excluding hydrogens is 423 g/mol. The molecule has 3 aromatic rings. The topological polar surface area (TPSA) is 96.2 Å². The number of anilines is 1. The summed E-state index contributed by atoms with van der Waals surface area (Å²) in [5, 5.41) is 6.11. The molecule has 2 aromatic heterocycles. The summed E-state index contributed by atoms with van der Waals surface area (Å²) in [4.78, 5) is 27.8. The van der Waals surface area contributed by atoms with Gasteiger partial charge in [-0.05, 0) is 43.5 Å². The molecule has 1 aliphatic heterocycles. The average molecular weight is 445 g/mol. The number of carbonyl (C=O) groups is 1. The predicted octanol–water partition coefficient (Wildman–Crippen LogP) is 3.93. The number of urea groups is 1. The molecule has 0 aliphatic carbocycles. The minimum atomic E-state index is -0.692.